The summed E-state index contributed by atoms with van der Waals surface area (Å²) in [6.07, 6.45) is 0. The van der Waals surface area contributed by atoms with E-state index < -0.39 is 0 Å². The molecule has 1 fully saturated rings. The third-order valence-electron chi connectivity index (χ3n) is 3.24. The Hall–Kier alpha value is -1.59. The molecule has 98 valence electrons. The van der Waals surface area contributed by atoms with Crippen molar-refractivity contribution in [2.75, 3.05) is 34.3 Å². The average molecular weight is 249 g/mol. The lowest BCUT2D eigenvalue weighted by atomic mass is 10.2. The monoisotopic (exact) mass is 249 g/mol. The Labute approximate surface area is 107 Å². The molecule has 2 rings (SSSR count). The van der Waals surface area contributed by atoms with Gasteiger partial charge >= 0.3 is 0 Å². The number of likely N-dealkylation sites (N-methyl/N-ethyl adjacent to an activating group) is 2. The number of ether oxygens (including phenoxy) is 1. The number of rotatable bonds is 3. The van der Waals surface area contributed by atoms with Crippen LogP contribution in [0.1, 0.15) is 10.4 Å². The van der Waals surface area contributed by atoms with Gasteiger partial charge in [0.1, 0.15) is 5.75 Å². The normalized spacial score (nSPS) is 17.9. The molecular weight excluding hydrogens is 230 g/mol. The third kappa shape index (κ3) is 2.80. The minimum Gasteiger partial charge on any atom is -0.497 e. The fourth-order valence-electron chi connectivity index (χ4n) is 2.08. The molecule has 0 spiro atoms. The van der Waals surface area contributed by atoms with Crippen molar-refractivity contribution in [1.29, 1.82) is 0 Å². The van der Waals surface area contributed by atoms with Crippen LogP contribution in [0, 0.1) is 0 Å². The van der Waals surface area contributed by atoms with Crippen molar-refractivity contribution in [2.24, 2.45) is 0 Å². The largest absolute Gasteiger partial charge is 0.497 e. The number of hydrogen-bond acceptors (Lipinski definition) is 4. The topological polar surface area (TPSA) is 44.8 Å². The maximum Gasteiger partial charge on any atom is 0.251 e. The summed E-state index contributed by atoms with van der Waals surface area (Å²) < 4.78 is 5.07. The highest BCUT2D eigenvalue weighted by molar-refractivity contribution is 5.94. The zero-order valence-corrected chi connectivity index (χ0v) is 11.0. The van der Waals surface area contributed by atoms with Gasteiger partial charge in [0.05, 0.1) is 13.2 Å². The zero-order valence-electron chi connectivity index (χ0n) is 11.0. The van der Waals surface area contributed by atoms with E-state index in [-0.39, 0.29) is 11.9 Å². The van der Waals surface area contributed by atoms with Gasteiger partial charge in [0.25, 0.3) is 5.91 Å². The van der Waals surface area contributed by atoms with Gasteiger partial charge in [0.15, 0.2) is 0 Å². The van der Waals surface area contributed by atoms with Gasteiger partial charge in [-0.2, -0.15) is 0 Å². The first-order valence-electron chi connectivity index (χ1n) is 5.97. The minimum absolute atomic E-state index is 0.0358. The number of amides is 1. The van der Waals surface area contributed by atoms with Crippen LogP contribution in [0.2, 0.25) is 0 Å². The molecule has 1 N–H and O–H groups in total. The van der Waals surface area contributed by atoms with E-state index in [0.29, 0.717) is 5.56 Å². The Bertz CT molecular complexity index is 409. The SMILES string of the molecule is COc1ccc(C(=O)NC2CN(C)N(C)C2)cc1. The Balaban J connectivity index is 1.95. The average Bonchev–Trinajstić information content (AvgIpc) is 2.68. The van der Waals surface area contributed by atoms with Crippen molar-refractivity contribution in [3.63, 3.8) is 0 Å². The number of carbonyl (C=O) groups is 1. The molecule has 0 aliphatic carbocycles. The molecule has 1 aliphatic heterocycles. The molecule has 1 heterocycles. The predicted molar refractivity (Wildman–Crippen MR) is 69.5 cm³/mol. The lowest BCUT2D eigenvalue weighted by Gasteiger charge is -2.16. The fourth-order valence-corrected chi connectivity index (χ4v) is 2.08. The fraction of sp³-hybridized carbons (Fsp3) is 0.462. The highest BCUT2D eigenvalue weighted by Gasteiger charge is 2.25. The number of hydrazine groups is 1. The van der Waals surface area contributed by atoms with Gasteiger partial charge in [-0.15, -0.1) is 0 Å². The van der Waals surface area contributed by atoms with Crippen LogP contribution in [0.15, 0.2) is 24.3 Å². The summed E-state index contributed by atoms with van der Waals surface area (Å²) >= 11 is 0. The Morgan fingerprint density at radius 2 is 1.78 bits per heavy atom. The van der Waals surface area contributed by atoms with Gasteiger partial charge in [0, 0.05) is 32.7 Å². The van der Waals surface area contributed by atoms with E-state index in [1.54, 1.807) is 31.4 Å². The second-order valence-electron chi connectivity index (χ2n) is 4.58. The number of hydrogen-bond donors (Lipinski definition) is 1. The first kappa shape index (κ1) is 12.9. The minimum atomic E-state index is -0.0358. The van der Waals surface area contributed by atoms with E-state index in [1.165, 1.54) is 0 Å². The van der Waals surface area contributed by atoms with Gasteiger partial charge in [0.2, 0.25) is 0 Å². The lowest BCUT2D eigenvalue weighted by Crippen LogP contribution is -2.38. The summed E-state index contributed by atoms with van der Waals surface area (Å²) in [5.41, 5.74) is 0.660. The molecule has 1 aromatic carbocycles. The maximum absolute atomic E-state index is 12.0. The van der Waals surface area contributed by atoms with E-state index >= 15 is 0 Å². The summed E-state index contributed by atoms with van der Waals surface area (Å²) in [4.78, 5) is 12.0. The molecular formula is C13H19N3O2. The van der Waals surface area contributed by atoms with Crippen LogP contribution in [0.25, 0.3) is 0 Å². The lowest BCUT2D eigenvalue weighted by molar-refractivity contribution is 0.0894. The van der Waals surface area contributed by atoms with Gasteiger partial charge in [-0.25, -0.2) is 10.0 Å². The molecule has 0 bridgehead atoms. The van der Waals surface area contributed by atoms with Crippen LogP contribution < -0.4 is 10.1 Å². The second kappa shape index (κ2) is 5.37. The first-order chi connectivity index (χ1) is 8.60. The zero-order chi connectivity index (χ0) is 13.1. The van der Waals surface area contributed by atoms with Gasteiger partial charge < -0.3 is 10.1 Å². The van der Waals surface area contributed by atoms with Crippen LogP contribution in [0.4, 0.5) is 0 Å². The Morgan fingerprint density at radius 3 is 2.28 bits per heavy atom. The number of nitrogens with zero attached hydrogens (tertiary/aromatic N) is 2. The van der Waals surface area contributed by atoms with Crippen LogP contribution >= 0.6 is 0 Å². The summed E-state index contributed by atoms with van der Waals surface area (Å²) in [6, 6.07) is 7.31. The second-order valence-corrected chi connectivity index (χ2v) is 4.58. The highest BCUT2D eigenvalue weighted by atomic mass is 16.5. The number of nitrogens with one attached hydrogen (secondary N) is 1. The standard InChI is InChI=1S/C13H19N3O2/c1-15-8-11(9-16(15)2)14-13(17)10-4-6-12(18-3)7-5-10/h4-7,11H,8-9H2,1-3H3,(H,14,17). The molecule has 1 aliphatic rings. The number of carbonyl (C=O) groups excluding carboxylic acids is 1. The quantitative estimate of drug-likeness (QED) is 0.851. The Morgan fingerprint density at radius 1 is 1.22 bits per heavy atom. The van der Waals surface area contributed by atoms with Gasteiger partial charge in [-0.3, -0.25) is 4.79 Å². The van der Waals surface area contributed by atoms with E-state index in [4.69, 9.17) is 4.74 Å². The molecule has 1 aromatic rings. The maximum atomic E-state index is 12.0. The van der Waals surface area contributed by atoms with Gasteiger partial charge in [-0.05, 0) is 24.3 Å². The molecule has 0 unspecified atom stereocenters. The van der Waals surface area contributed by atoms with Gasteiger partial charge in [-0.1, -0.05) is 0 Å². The van der Waals surface area contributed by atoms with Crippen molar-refractivity contribution < 1.29 is 9.53 Å². The summed E-state index contributed by atoms with van der Waals surface area (Å²) in [5, 5.41) is 7.22. The molecule has 5 heteroatoms. The predicted octanol–water partition coefficient (Wildman–Crippen LogP) is 0.586. The summed E-state index contributed by atoms with van der Waals surface area (Å²) in [6.45, 7) is 1.69. The van der Waals surface area contributed by atoms with Crippen LogP contribution in [-0.4, -0.2) is 56.3 Å². The van der Waals surface area contributed by atoms with Crippen LogP contribution in [-0.2, 0) is 0 Å². The van der Waals surface area contributed by atoms with Crippen molar-refractivity contribution in [2.45, 2.75) is 6.04 Å². The molecule has 18 heavy (non-hydrogen) atoms. The summed E-state index contributed by atoms with van der Waals surface area (Å²) in [5.74, 6) is 0.721. The van der Waals surface area contributed by atoms with Crippen molar-refractivity contribution in [1.82, 2.24) is 15.3 Å². The molecule has 0 aromatic heterocycles. The van der Waals surface area contributed by atoms with Crippen molar-refractivity contribution in [3.05, 3.63) is 29.8 Å². The molecule has 0 saturated carbocycles. The van der Waals surface area contributed by atoms with Crippen LogP contribution in [0.3, 0.4) is 0 Å². The molecule has 1 saturated heterocycles. The van der Waals surface area contributed by atoms with Crippen molar-refractivity contribution in [3.8, 4) is 5.75 Å². The molecule has 0 radical (unpaired) electrons. The summed E-state index contributed by atoms with van der Waals surface area (Å²) in [7, 11) is 5.64. The molecule has 5 nitrogen and oxygen atoms in total. The molecule has 1 amide bonds. The number of benzene rings is 1. The van der Waals surface area contributed by atoms with E-state index in [2.05, 4.69) is 15.3 Å². The van der Waals surface area contributed by atoms with E-state index in [9.17, 15) is 4.79 Å². The van der Waals surface area contributed by atoms with E-state index in [1.807, 2.05) is 14.1 Å². The van der Waals surface area contributed by atoms with E-state index in [0.717, 1.165) is 18.8 Å². The molecule has 0 atom stereocenters. The number of methoxy groups -OCH3 is 1. The third-order valence-corrected chi connectivity index (χ3v) is 3.24. The van der Waals surface area contributed by atoms with Crippen LogP contribution in [0.5, 0.6) is 5.75 Å². The first-order valence-corrected chi connectivity index (χ1v) is 5.97. The van der Waals surface area contributed by atoms with Crippen molar-refractivity contribution >= 4 is 5.91 Å². The smallest absolute Gasteiger partial charge is 0.251 e. The Kier molecular flexibility index (Phi) is 3.84. The highest BCUT2D eigenvalue weighted by Crippen LogP contribution is 2.12.